The number of carbonyl (C=O) groups excluding carboxylic acids is 1. The van der Waals surface area contributed by atoms with Crippen LogP contribution in [0.4, 0.5) is 5.00 Å². The van der Waals surface area contributed by atoms with E-state index in [-0.39, 0.29) is 5.91 Å². The normalized spacial score (nSPS) is 15.6. The molecule has 1 aliphatic heterocycles. The highest BCUT2D eigenvalue weighted by Crippen LogP contribution is 2.31. The molecule has 20 heavy (non-hydrogen) atoms. The molecule has 4 nitrogen and oxygen atoms in total. The first-order chi connectivity index (χ1) is 9.51. The van der Waals surface area contributed by atoms with Gasteiger partial charge in [-0.15, -0.1) is 11.3 Å². The molecule has 0 radical (unpaired) electrons. The van der Waals surface area contributed by atoms with E-state index in [4.69, 9.17) is 5.26 Å². The average molecular weight is 289 g/mol. The number of nitrogens with zero attached hydrogens (tertiary/aromatic N) is 2. The third kappa shape index (κ3) is 3.27. The van der Waals surface area contributed by atoms with E-state index in [2.05, 4.69) is 29.3 Å². The van der Waals surface area contributed by atoms with Gasteiger partial charge in [0, 0.05) is 18.0 Å². The summed E-state index contributed by atoms with van der Waals surface area (Å²) in [6.07, 6.45) is 3.22. The van der Waals surface area contributed by atoms with Crippen LogP contribution in [0.3, 0.4) is 0 Å². The number of anilines is 1. The van der Waals surface area contributed by atoms with Gasteiger partial charge in [-0.3, -0.25) is 9.69 Å². The van der Waals surface area contributed by atoms with Crippen molar-refractivity contribution in [1.82, 2.24) is 4.90 Å². The van der Waals surface area contributed by atoms with Gasteiger partial charge in [-0.25, -0.2) is 0 Å². The summed E-state index contributed by atoms with van der Waals surface area (Å²) in [5.74, 6) is -0.0440. The van der Waals surface area contributed by atoms with Crippen molar-refractivity contribution >= 4 is 22.2 Å². The molecule has 0 saturated carbocycles. The van der Waals surface area contributed by atoms with Crippen molar-refractivity contribution < 1.29 is 4.79 Å². The lowest BCUT2D eigenvalue weighted by Gasteiger charge is -2.25. The highest BCUT2D eigenvalue weighted by Gasteiger charge is 2.17. The van der Waals surface area contributed by atoms with E-state index in [0.717, 1.165) is 30.0 Å². The molecule has 1 N–H and O–H groups in total. The largest absolute Gasteiger partial charge is 0.315 e. The Morgan fingerprint density at radius 3 is 2.90 bits per heavy atom. The van der Waals surface area contributed by atoms with Gasteiger partial charge in [0.2, 0.25) is 5.91 Å². The molecule has 0 atom stereocenters. The van der Waals surface area contributed by atoms with E-state index in [9.17, 15) is 4.79 Å². The molecular formula is C15H19N3OS. The molecule has 2 rings (SSSR count). The molecular weight excluding hydrogens is 270 g/mol. The average Bonchev–Trinajstić information content (AvgIpc) is 2.64. The number of nitrogens with one attached hydrogen (secondary N) is 1. The van der Waals surface area contributed by atoms with E-state index in [1.54, 1.807) is 0 Å². The molecule has 0 spiro atoms. The molecule has 106 valence electrons. The molecule has 0 bridgehead atoms. The molecule has 1 aromatic rings. The minimum atomic E-state index is -0.0440. The molecule has 1 aromatic heterocycles. The van der Waals surface area contributed by atoms with Crippen molar-refractivity contribution in [2.45, 2.75) is 27.2 Å². The summed E-state index contributed by atoms with van der Waals surface area (Å²) in [7, 11) is 0. The fraction of sp³-hybridized carbons (Fsp3) is 0.467. The zero-order chi connectivity index (χ0) is 14.7. The summed E-state index contributed by atoms with van der Waals surface area (Å²) in [6.45, 7) is 8.11. The minimum absolute atomic E-state index is 0.0440. The van der Waals surface area contributed by atoms with E-state index < -0.39 is 0 Å². The lowest BCUT2D eigenvalue weighted by molar-refractivity contribution is -0.117. The van der Waals surface area contributed by atoms with Crippen LogP contribution in [-0.4, -0.2) is 30.4 Å². The maximum Gasteiger partial charge on any atom is 0.239 e. The van der Waals surface area contributed by atoms with Crippen molar-refractivity contribution in [3.8, 4) is 6.07 Å². The lowest BCUT2D eigenvalue weighted by atomic mass is 10.1. The maximum atomic E-state index is 12.1. The van der Waals surface area contributed by atoms with Crippen molar-refractivity contribution in [2.75, 3.05) is 25.0 Å². The second-order valence-electron chi connectivity index (χ2n) is 5.20. The van der Waals surface area contributed by atoms with Crippen molar-refractivity contribution in [3.63, 3.8) is 0 Å². The summed E-state index contributed by atoms with van der Waals surface area (Å²) < 4.78 is 0. The van der Waals surface area contributed by atoms with Gasteiger partial charge in [-0.05, 0) is 32.8 Å². The highest BCUT2D eigenvalue weighted by molar-refractivity contribution is 7.16. The Balaban J connectivity index is 2.00. The monoisotopic (exact) mass is 289 g/mol. The van der Waals surface area contributed by atoms with E-state index in [1.165, 1.54) is 16.9 Å². The molecule has 1 amide bonds. The molecule has 2 heterocycles. The van der Waals surface area contributed by atoms with E-state index >= 15 is 0 Å². The van der Waals surface area contributed by atoms with Crippen molar-refractivity contribution in [3.05, 3.63) is 27.7 Å². The molecule has 0 aromatic carbocycles. The molecule has 0 saturated heterocycles. The zero-order valence-corrected chi connectivity index (χ0v) is 12.9. The Morgan fingerprint density at radius 1 is 1.50 bits per heavy atom. The van der Waals surface area contributed by atoms with Gasteiger partial charge in [0.15, 0.2) is 0 Å². The second kappa shape index (κ2) is 6.21. The predicted molar refractivity (Wildman–Crippen MR) is 82.0 cm³/mol. The standard InChI is InChI=1S/C15H19N3OS/c1-10-5-4-6-18(8-10)9-14(19)17-15-13(7-16)11(2)12(3)20-15/h5H,4,6,8-9H2,1-3H3,(H,17,19). The quantitative estimate of drug-likeness (QED) is 0.871. The summed E-state index contributed by atoms with van der Waals surface area (Å²) in [4.78, 5) is 15.3. The van der Waals surface area contributed by atoms with E-state index in [0.29, 0.717) is 17.1 Å². The van der Waals surface area contributed by atoms with Crippen molar-refractivity contribution in [2.24, 2.45) is 0 Å². The molecule has 5 heteroatoms. The SMILES string of the molecule is CC1=CCCN(CC(=O)Nc2sc(C)c(C)c2C#N)C1. The highest BCUT2D eigenvalue weighted by atomic mass is 32.1. The summed E-state index contributed by atoms with van der Waals surface area (Å²) in [5.41, 5.74) is 2.87. The fourth-order valence-corrected chi connectivity index (χ4v) is 3.37. The van der Waals surface area contributed by atoms with Crippen LogP contribution in [0.5, 0.6) is 0 Å². The van der Waals surface area contributed by atoms with Crippen LogP contribution in [0.2, 0.25) is 0 Å². The first-order valence-corrected chi connectivity index (χ1v) is 7.51. The Kier molecular flexibility index (Phi) is 4.58. The van der Waals surface area contributed by atoms with Gasteiger partial charge >= 0.3 is 0 Å². The number of nitriles is 1. The number of aryl methyl sites for hydroxylation is 1. The fourth-order valence-electron chi connectivity index (χ4n) is 2.34. The van der Waals surface area contributed by atoms with Gasteiger partial charge in [0.25, 0.3) is 0 Å². The van der Waals surface area contributed by atoms with Crippen LogP contribution in [-0.2, 0) is 4.79 Å². The minimum Gasteiger partial charge on any atom is -0.315 e. The van der Waals surface area contributed by atoms with Crippen LogP contribution in [0.1, 0.15) is 29.3 Å². The zero-order valence-electron chi connectivity index (χ0n) is 12.1. The molecule has 1 aliphatic rings. The van der Waals surface area contributed by atoms with Crippen LogP contribution < -0.4 is 5.32 Å². The molecule has 0 aliphatic carbocycles. The number of rotatable bonds is 3. The summed E-state index contributed by atoms with van der Waals surface area (Å²) >= 11 is 1.47. The number of hydrogen-bond acceptors (Lipinski definition) is 4. The Hall–Kier alpha value is -1.64. The second-order valence-corrected chi connectivity index (χ2v) is 6.42. The number of carbonyl (C=O) groups is 1. The Bertz CT molecular complexity index is 595. The summed E-state index contributed by atoms with van der Waals surface area (Å²) in [6, 6.07) is 2.17. The van der Waals surface area contributed by atoms with Crippen LogP contribution >= 0.6 is 11.3 Å². The Labute approximate surface area is 123 Å². The van der Waals surface area contributed by atoms with E-state index in [1.807, 2.05) is 13.8 Å². The van der Waals surface area contributed by atoms with Gasteiger partial charge in [0.1, 0.15) is 11.1 Å². The van der Waals surface area contributed by atoms with Crippen LogP contribution in [0, 0.1) is 25.2 Å². The first kappa shape index (κ1) is 14.8. The van der Waals surface area contributed by atoms with Gasteiger partial charge in [0.05, 0.1) is 12.1 Å². The van der Waals surface area contributed by atoms with Crippen molar-refractivity contribution in [1.29, 1.82) is 5.26 Å². The number of amides is 1. The third-order valence-electron chi connectivity index (χ3n) is 3.53. The number of hydrogen-bond donors (Lipinski definition) is 1. The number of thiophene rings is 1. The van der Waals surface area contributed by atoms with Crippen LogP contribution in [0.25, 0.3) is 0 Å². The van der Waals surface area contributed by atoms with Gasteiger partial charge < -0.3 is 5.32 Å². The third-order valence-corrected chi connectivity index (χ3v) is 4.65. The molecule has 0 unspecified atom stereocenters. The maximum absolute atomic E-state index is 12.1. The van der Waals surface area contributed by atoms with Crippen LogP contribution in [0.15, 0.2) is 11.6 Å². The van der Waals surface area contributed by atoms with Gasteiger partial charge in [-0.1, -0.05) is 11.6 Å². The predicted octanol–water partition coefficient (Wildman–Crippen LogP) is 2.83. The first-order valence-electron chi connectivity index (χ1n) is 6.69. The smallest absolute Gasteiger partial charge is 0.239 e. The topological polar surface area (TPSA) is 56.1 Å². The molecule has 0 fully saturated rings. The Morgan fingerprint density at radius 2 is 2.25 bits per heavy atom. The summed E-state index contributed by atoms with van der Waals surface area (Å²) in [5, 5.41) is 12.7. The lowest BCUT2D eigenvalue weighted by Crippen LogP contribution is -2.36. The van der Waals surface area contributed by atoms with Gasteiger partial charge in [-0.2, -0.15) is 5.26 Å².